The molecule has 0 aromatic heterocycles. The molecule has 0 saturated carbocycles. The molecule has 5 nitrogen and oxygen atoms in total. The van der Waals surface area contributed by atoms with Gasteiger partial charge in [0.05, 0.1) is 5.69 Å². The van der Waals surface area contributed by atoms with Crippen LogP contribution in [0.1, 0.15) is 13.3 Å². The predicted molar refractivity (Wildman–Crippen MR) is 57.9 cm³/mol. The molecule has 0 unspecified atom stereocenters. The zero-order chi connectivity index (χ0) is 11.3. The summed E-state index contributed by atoms with van der Waals surface area (Å²) in [6.45, 7) is 1.63. The van der Waals surface area contributed by atoms with Crippen LogP contribution in [0.3, 0.4) is 0 Å². The molecular formula is C10H13N3O2. The molecule has 1 aromatic rings. The highest BCUT2D eigenvalue weighted by Gasteiger charge is 2.09. The molecule has 0 aliphatic carbocycles. The Morgan fingerprint density at radius 3 is 2.40 bits per heavy atom. The number of benzene rings is 1. The van der Waals surface area contributed by atoms with E-state index in [9.17, 15) is 9.59 Å². The molecule has 15 heavy (non-hydrogen) atoms. The van der Waals surface area contributed by atoms with Crippen molar-refractivity contribution >= 4 is 23.1 Å². The number of hydrazine groups is 1. The normalized spacial score (nSPS) is 9.40. The first kappa shape index (κ1) is 11.0. The van der Waals surface area contributed by atoms with E-state index in [-0.39, 0.29) is 6.42 Å². The number of nitrogens with one attached hydrogen (secondary N) is 2. The minimum Gasteiger partial charge on any atom is -0.399 e. The van der Waals surface area contributed by atoms with Crippen LogP contribution in [0.4, 0.5) is 11.4 Å². The van der Waals surface area contributed by atoms with Crippen molar-refractivity contribution in [2.24, 2.45) is 0 Å². The molecule has 0 spiro atoms. The first-order valence-electron chi connectivity index (χ1n) is 4.58. The quantitative estimate of drug-likeness (QED) is 0.385. The summed E-state index contributed by atoms with van der Waals surface area (Å²) in [5.74, 6) is -1.10. The lowest BCUT2D eigenvalue weighted by Crippen LogP contribution is -2.34. The van der Waals surface area contributed by atoms with Crippen LogP contribution in [-0.4, -0.2) is 11.7 Å². The van der Waals surface area contributed by atoms with Crippen molar-refractivity contribution < 1.29 is 9.59 Å². The van der Waals surface area contributed by atoms with Gasteiger partial charge in [0, 0.05) is 12.1 Å². The first-order valence-corrected chi connectivity index (χ1v) is 4.58. The van der Waals surface area contributed by atoms with Gasteiger partial charge < -0.3 is 5.73 Å². The van der Waals surface area contributed by atoms with Crippen LogP contribution in [-0.2, 0) is 9.59 Å². The minimum atomic E-state index is -0.644. The number of carbonyl (C=O) groups excluding carboxylic acids is 2. The van der Waals surface area contributed by atoms with Gasteiger partial charge in [0.2, 0.25) is 5.78 Å². The SMILES string of the molecule is CCC(=O)C(=O)NNc1ccc(N)cc1. The van der Waals surface area contributed by atoms with E-state index >= 15 is 0 Å². The zero-order valence-electron chi connectivity index (χ0n) is 8.41. The monoisotopic (exact) mass is 207 g/mol. The van der Waals surface area contributed by atoms with Crippen molar-refractivity contribution in [3.63, 3.8) is 0 Å². The van der Waals surface area contributed by atoms with E-state index in [0.717, 1.165) is 0 Å². The van der Waals surface area contributed by atoms with Gasteiger partial charge in [0.25, 0.3) is 0 Å². The Morgan fingerprint density at radius 2 is 1.87 bits per heavy atom. The van der Waals surface area contributed by atoms with Crippen molar-refractivity contribution in [1.29, 1.82) is 0 Å². The van der Waals surface area contributed by atoms with Crippen LogP contribution < -0.4 is 16.6 Å². The topological polar surface area (TPSA) is 84.2 Å². The lowest BCUT2D eigenvalue weighted by atomic mass is 10.3. The van der Waals surface area contributed by atoms with E-state index in [1.807, 2.05) is 0 Å². The lowest BCUT2D eigenvalue weighted by Gasteiger charge is -2.07. The molecule has 0 aliphatic rings. The van der Waals surface area contributed by atoms with Crippen molar-refractivity contribution in [3.05, 3.63) is 24.3 Å². The van der Waals surface area contributed by atoms with Crippen molar-refractivity contribution in [2.75, 3.05) is 11.2 Å². The minimum absolute atomic E-state index is 0.190. The Morgan fingerprint density at radius 1 is 1.27 bits per heavy atom. The third-order valence-corrected chi connectivity index (χ3v) is 1.81. The van der Waals surface area contributed by atoms with E-state index in [4.69, 9.17) is 5.73 Å². The number of carbonyl (C=O) groups is 2. The zero-order valence-corrected chi connectivity index (χ0v) is 8.41. The second-order valence-corrected chi connectivity index (χ2v) is 2.98. The van der Waals surface area contributed by atoms with Crippen LogP contribution in [0, 0.1) is 0 Å². The van der Waals surface area contributed by atoms with Gasteiger partial charge in [-0.1, -0.05) is 6.92 Å². The maximum atomic E-state index is 11.1. The third-order valence-electron chi connectivity index (χ3n) is 1.81. The van der Waals surface area contributed by atoms with Gasteiger partial charge >= 0.3 is 5.91 Å². The maximum absolute atomic E-state index is 11.1. The molecule has 80 valence electrons. The molecule has 0 saturated heterocycles. The maximum Gasteiger partial charge on any atom is 0.305 e. The number of Topliss-reactive ketones (excluding diaryl/α,β-unsaturated/α-hetero) is 1. The number of nitrogens with two attached hydrogens (primary N) is 1. The van der Waals surface area contributed by atoms with Crippen LogP contribution in [0.25, 0.3) is 0 Å². The van der Waals surface area contributed by atoms with E-state index in [2.05, 4.69) is 10.9 Å². The molecule has 1 aromatic carbocycles. The van der Waals surface area contributed by atoms with Gasteiger partial charge in [0.15, 0.2) is 0 Å². The molecule has 0 fully saturated rings. The van der Waals surface area contributed by atoms with Crippen LogP contribution in [0.2, 0.25) is 0 Å². The molecule has 0 aliphatic heterocycles. The van der Waals surface area contributed by atoms with E-state index in [1.54, 1.807) is 31.2 Å². The highest BCUT2D eigenvalue weighted by molar-refractivity contribution is 6.36. The summed E-state index contributed by atoms with van der Waals surface area (Å²) < 4.78 is 0. The second kappa shape index (κ2) is 4.99. The average Bonchev–Trinajstić information content (AvgIpc) is 2.26. The summed E-state index contributed by atoms with van der Waals surface area (Å²) in [6.07, 6.45) is 0.190. The van der Waals surface area contributed by atoms with Crippen molar-refractivity contribution in [2.45, 2.75) is 13.3 Å². The van der Waals surface area contributed by atoms with Crippen molar-refractivity contribution in [1.82, 2.24) is 5.43 Å². The average molecular weight is 207 g/mol. The number of hydrogen-bond donors (Lipinski definition) is 3. The summed E-state index contributed by atoms with van der Waals surface area (Å²) >= 11 is 0. The summed E-state index contributed by atoms with van der Waals surface area (Å²) in [7, 11) is 0. The lowest BCUT2D eigenvalue weighted by molar-refractivity contribution is -0.137. The Kier molecular flexibility index (Phi) is 3.68. The number of amides is 1. The molecule has 1 amide bonds. The fourth-order valence-electron chi connectivity index (χ4n) is 0.926. The summed E-state index contributed by atoms with van der Waals surface area (Å²) in [4.78, 5) is 22.0. The molecule has 0 radical (unpaired) electrons. The number of rotatable bonds is 4. The highest BCUT2D eigenvalue weighted by atomic mass is 16.2. The molecule has 0 atom stereocenters. The van der Waals surface area contributed by atoms with Gasteiger partial charge in [0.1, 0.15) is 0 Å². The van der Waals surface area contributed by atoms with E-state index in [1.165, 1.54) is 0 Å². The summed E-state index contributed by atoms with van der Waals surface area (Å²) in [6, 6.07) is 6.78. The van der Waals surface area contributed by atoms with Gasteiger partial charge in [-0.2, -0.15) is 0 Å². The van der Waals surface area contributed by atoms with Crippen LogP contribution in [0.15, 0.2) is 24.3 Å². The Hall–Kier alpha value is -2.04. The molecule has 5 heteroatoms. The van der Waals surface area contributed by atoms with Crippen molar-refractivity contribution in [3.8, 4) is 0 Å². The first-order chi connectivity index (χ1) is 7.13. The molecule has 0 heterocycles. The number of ketones is 1. The highest BCUT2D eigenvalue weighted by Crippen LogP contribution is 2.08. The fraction of sp³-hybridized carbons (Fsp3) is 0.200. The van der Waals surface area contributed by atoms with Crippen LogP contribution >= 0.6 is 0 Å². The third kappa shape index (κ3) is 3.30. The second-order valence-electron chi connectivity index (χ2n) is 2.98. The summed E-state index contributed by atoms with van der Waals surface area (Å²) in [5, 5.41) is 0. The van der Waals surface area contributed by atoms with Gasteiger partial charge in [-0.15, -0.1) is 0 Å². The molecular weight excluding hydrogens is 194 g/mol. The van der Waals surface area contributed by atoms with Gasteiger partial charge in [-0.25, -0.2) is 0 Å². The summed E-state index contributed by atoms with van der Waals surface area (Å²) in [5.41, 5.74) is 11.7. The Labute approximate surface area is 87.6 Å². The van der Waals surface area contributed by atoms with E-state index in [0.29, 0.717) is 11.4 Å². The van der Waals surface area contributed by atoms with E-state index < -0.39 is 11.7 Å². The number of nitrogen functional groups attached to an aromatic ring is 1. The Bertz CT molecular complexity index is 359. The smallest absolute Gasteiger partial charge is 0.305 e. The largest absolute Gasteiger partial charge is 0.399 e. The number of anilines is 2. The van der Waals surface area contributed by atoms with Crippen LogP contribution in [0.5, 0.6) is 0 Å². The molecule has 1 rings (SSSR count). The predicted octanol–water partition coefficient (Wildman–Crippen LogP) is 0.691. The Balaban J connectivity index is 2.47. The standard InChI is InChI=1S/C10H13N3O2/c1-2-9(14)10(15)13-12-8-5-3-7(11)4-6-8/h3-6,12H,2,11H2,1H3,(H,13,15). The molecule has 0 bridgehead atoms. The number of hydrogen-bond acceptors (Lipinski definition) is 4. The van der Waals surface area contributed by atoms with Gasteiger partial charge in [-0.05, 0) is 24.3 Å². The van der Waals surface area contributed by atoms with Gasteiger partial charge in [-0.3, -0.25) is 20.4 Å². The fourth-order valence-corrected chi connectivity index (χ4v) is 0.926. The molecule has 4 N–H and O–H groups in total.